The zero-order chi connectivity index (χ0) is 72.5. The van der Waals surface area contributed by atoms with Gasteiger partial charge in [0.25, 0.3) is 0 Å². The zero-order valence-corrected chi connectivity index (χ0v) is 59.0. The average Bonchev–Trinajstić information content (AvgIpc) is 0.907. The van der Waals surface area contributed by atoms with Gasteiger partial charge in [-0.15, -0.1) is 0 Å². The van der Waals surface area contributed by atoms with Crippen molar-refractivity contribution in [2.75, 3.05) is 103 Å². The average molecular weight is 1380 g/mol. The van der Waals surface area contributed by atoms with Crippen LogP contribution in [0.1, 0.15) is 74.8 Å². The van der Waals surface area contributed by atoms with E-state index in [0.29, 0.717) is 25.2 Å². The van der Waals surface area contributed by atoms with Crippen LogP contribution in [0.3, 0.4) is 0 Å². The number of carbonyl (C=O) groups is 4. The molecule has 0 aliphatic carbocycles. The van der Waals surface area contributed by atoms with Gasteiger partial charge in [0.2, 0.25) is 0 Å². The number of carbonyl (C=O) groups excluding carboxylic acids is 3. The van der Waals surface area contributed by atoms with Crippen molar-refractivity contribution in [3.05, 3.63) is 274 Å². The van der Waals surface area contributed by atoms with Gasteiger partial charge < -0.3 is 72.7 Å². The number of phenolic OH excluding ortho intramolecular Hbond substituents is 2. The Kier molecular flexibility index (Phi) is 31.4. The van der Waals surface area contributed by atoms with Crippen molar-refractivity contribution in [3.8, 4) is 46.0 Å². The molecular formula is C82H93N3O16. The van der Waals surface area contributed by atoms with Crippen molar-refractivity contribution in [2.24, 2.45) is 0 Å². The molecule has 532 valence electrons. The van der Waals surface area contributed by atoms with E-state index in [1.165, 1.54) is 53.1 Å². The van der Waals surface area contributed by atoms with Crippen LogP contribution in [-0.4, -0.2) is 175 Å². The maximum absolute atomic E-state index is 12.6. The summed E-state index contributed by atoms with van der Waals surface area (Å²) >= 11 is 0. The molecule has 0 spiro atoms. The summed E-state index contributed by atoms with van der Waals surface area (Å²) in [5, 5.41) is 28.9. The van der Waals surface area contributed by atoms with Gasteiger partial charge in [0.05, 0.1) is 32.5 Å². The van der Waals surface area contributed by atoms with Crippen LogP contribution in [0, 0.1) is 0 Å². The maximum Gasteiger partial charge on any atom is 0.342 e. The molecule has 0 aliphatic rings. The number of para-hydroxylation sites is 5. The Morgan fingerprint density at radius 2 is 0.614 bits per heavy atom. The molecule has 0 aromatic heterocycles. The second-order valence-corrected chi connectivity index (χ2v) is 24.6. The summed E-state index contributed by atoms with van der Waals surface area (Å²) < 4.78 is 51.0. The van der Waals surface area contributed by atoms with Gasteiger partial charge in [0.1, 0.15) is 95.3 Å². The Morgan fingerprint density at radius 1 is 0.337 bits per heavy atom. The van der Waals surface area contributed by atoms with E-state index < -0.39 is 42.2 Å². The molecular weight excluding hydrogens is 1280 g/mol. The molecule has 9 aromatic carbocycles. The number of phenols is 2. The third-order valence-electron chi connectivity index (χ3n) is 15.9. The molecule has 0 fully saturated rings. The first-order valence-corrected chi connectivity index (χ1v) is 33.2. The predicted octanol–water partition coefficient (Wildman–Crippen LogP) is 13.0. The number of nitrogens with zero attached hydrogens (tertiary/aromatic N) is 3. The largest absolute Gasteiger partial charge is 0.507 e. The smallest absolute Gasteiger partial charge is 0.342 e. The number of carboxylic acid groups (broad SMARTS) is 1. The van der Waals surface area contributed by atoms with Crippen molar-refractivity contribution < 1.29 is 77.1 Å². The summed E-state index contributed by atoms with van der Waals surface area (Å²) in [7, 11) is 16.4. The normalized spacial score (nSPS) is 11.7. The van der Waals surface area contributed by atoms with Crippen molar-refractivity contribution in [2.45, 2.75) is 56.8 Å². The van der Waals surface area contributed by atoms with E-state index in [1.54, 1.807) is 57.7 Å². The second kappa shape index (κ2) is 40.9. The van der Waals surface area contributed by atoms with Gasteiger partial charge in [-0.05, 0) is 217 Å². The van der Waals surface area contributed by atoms with Crippen LogP contribution in [0.25, 0.3) is 0 Å². The van der Waals surface area contributed by atoms with Gasteiger partial charge in [-0.25, -0.2) is 19.2 Å². The van der Waals surface area contributed by atoms with Gasteiger partial charge >= 0.3 is 23.9 Å². The van der Waals surface area contributed by atoms with Gasteiger partial charge in [-0.3, -0.25) is 0 Å². The minimum atomic E-state index is -1.05. The number of rotatable bonds is 34. The summed E-state index contributed by atoms with van der Waals surface area (Å²) in [4.78, 5) is 54.6. The second-order valence-electron chi connectivity index (χ2n) is 24.6. The first-order valence-electron chi connectivity index (χ1n) is 33.2. The molecule has 0 radical (unpaired) electrons. The highest BCUT2D eigenvalue weighted by Gasteiger charge is 2.24. The Bertz CT molecular complexity index is 3830. The highest BCUT2D eigenvalue weighted by molar-refractivity contribution is 5.94. The van der Waals surface area contributed by atoms with E-state index in [4.69, 9.17) is 47.7 Å². The standard InChI is InChI=1S/C28H31NO6.2C27H31NO5/c1-29(2)18-25(35-28(32)23-14-12-22(13-15-23)27(30)31)19-34-26-7-5-4-6-21(26)11-8-20-9-16-24(33-3)17-10-20;2*1-28(2)18-23(33-27(30)24-9-5-6-10-25(24)29)19-32-26-11-7-4-8-21(26)15-12-20-13-16-22(31-3)17-14-20/h4-7,9-10,12-17,25H,8,11,18-19H2,1-3H3,(H,30,31);2*4-11,13-14,16-17,23,29H,12,15,18-19H2,1-3H3/t25-;2*23-/m000/s1. The first-order chi connectivity index (χ1) is 48.8. The lowest BCUT2D eigenvalue weighted by molar-refractivity contribution is 0.00928. The molecule has 19 heteroatoms. The molecule has 0 aliphatic heterocycles. The lowest BCUT2D eigenvalue weighted by Gasteiger charge is -2.22. The minimum absolute atomic E-state index is 0.101. The fraction of sp³-hybridized carbons (Fsp3) is 0.293. The van der Waals surface area contributed by atoms with Crippen LogP contribution >= 0.6 is 0 Å². The van der Waals surface area contributed by atoms with Crippen molar-refractivity contribution >= 4 is 23.9 Å². The molecule has 9 aromatic rings. The molecule has 0 unspecified atom stereocenters. The number of carboxylic acids is 1. The molecule has 0 bridgehead atoms. The maximum atomic E-state index is 12.6. The number of aromatic hydroxyl groups is 2. The minimum Gasteiger partial charge on any atom is -0.507 e. The number of ether oxygens (including phenoxy) is 9. The van der Waals surface area contributed by atoms with Crippen molar-refractivity contribution in [1.29, 1.82) is 0 Å². The lowest BCUT2D eigenvalue weighted by Crippen LogP contribution is -2.35. The highest BCUT2D eigenvalue weighted by Crippen LogP contribution is 2.27. The summed E-state index contributed by atoms with van der Waals surface area (Å²) in [5.74, 6) is 1.89. The number of hydrogen-bond acceptors (Lipinski definition) is 18. The van der Waals surface area contributed by atoms with Crippen LogP contribution in [0.2, 0.25) is 0 Å². The van der Waals surface area contributed by atoms with Crippen LogP contribution in [0.4, 0.5) is 0 Å². The fourth-order valence-electron chi connectivity index (χ4n) is 10.6. The molecule has 0 heterocycles. The Hall–Kier alpha value is -10.9. The molecule has 9 rings (SSSR count). The summed E-state index contributed by atoms with van der Waals surface area (Å²) in [6.45, 7) is 2.07. The van der Waals surface area contributed by atoms with Crippen LogP contribution in [0.15, 0.2) is 218 Å². The summed E-state index contributed by atoms with van der Waals surface area (Å²) in [6, 6.07) is 66.2. The van der Waals surface area contributed by atoms with E-state index in [-0.39, 0.29) is 48.0 Å². The Labute approximate surface area is 592 Å². The first kappa shape index (κ1) is 77.5. The van der Waals surface area contributed by atoms with Gasteiger partial charge in [0.15, 0.2) is 0 Å². The molecule has 3 N–H and O–H groups in total. The molecule has 0 saturated carbocycles. The fourth-order valence-corrected chi connectivity index (χ4v) is 10.6. The number of aryl methyl sites for hydroxylation is 6. The molecule has 0 saturated heterocycles. The van der Waals surface area contributed by atoms with Crippen LogP contribution in [-0.2, 0) is 52.7 Å². The van der Waals surface area contributed by atoms with Gasteiger partial charge in [0, 0.05) is 19.6 Å². The number of likely N-dealkylation sites (N-methyl/N-ethyl adjacent to an activating group) is 3. The number of hydrogen-bond donors (Lipinski definition) is 3. The Balaban J connectivity index is 0.000000213. The van der Waals surface area contributed by atoms with E-state index in [9.17, 15) is 29.4 Å². The number of methoxy groups -OCH3 is 3. The van der Waals surface area contributed by atoms with Gasteiger partial charge in [-0.1, -0.05) is 115 Å². The Morgan fingerprint density at radius 3 is 0.901 bits per heavy atom. The number of esters is 3. The monoisotopic (exact) mass is 1380 g/mol. The quantitative estimate of drug-likeness (QED) is 0.0252. The summed E-state index contributed by atoms with van der Waals surface area (Å²) in [5.41, 5.74) is 7.56. The lowest BCUT2D eigenvalue weighted by atomic mass is 10.0. The molecule has 0 amide bonds. The van der Waals surface area contributed by atoms with E-state index in [2.05, 4.69) is 36.4 Å². The molecule has 101 heavy (non-hydrogen) atoms. The zero-order valence-electron chi connectivity index (χ0n) is 59.0. The molecule has 3 atom stereocenters. The van der Waals surface area contributed by atoms with E-state index >= 15 is 0 Å². The topological polar surface area (TPSA) is 222 Å². The van der Waals surface area contributed by atoms with E-state index in [1.807, 2.05) is 166 Å². The van der Waals surface area contributed by atoms with Crippen LogP contribution in [0.5, 0.6) is 46.0 Å². The highest BCUT2D eigenvalue weighted by atomic mass is 16.6. The van der Waals surface area contributed by atoms with E-state index in [0.717, 1.165) is 89.7 Å². The van der Waals surface area contributed by atoms with Crippen molar-refractivity contribution in [3.63, 3.8) is 0 Å². The van der Waals surface area contributed by atoms with Crippen molar-refractivity contribution in [1.82, 2.24) is 14.7 Å². The summed E-state index contributed by atoms with van der Waals surface area (Å²) in [6.07, 6.45) is 3.52. The van der Waals surface area contributed by atoms with Gasteiger partial charge in [-0.2, -0.15) is 0 Å². The third kappa shape index (κ3) is 26.4. The molecule has 19 nitrogen and oxygen atoms in total. The van der Waals surface area contributed by atoms with Crippen LogP contribution < -0.4 is 28.4 Å². The third-order valence-corrected chi connectivity index (χ3v) is 15.9. The predicted molar refractivity (Wildman–Crippen MR) is 390 cm³/mol. The number of aromatic carboxylic acids is 1. The number of benzene rings is 9. The SMILES string of the molecule is COc1ccc(CCc2ccccc2OC[C@H](CN(C)C)OC(=O)c2ccc(C(=O)O)cc2)cc1.COc1ccc(CCc2ccccc2OC[C@H](CN(C)C)OC(=O)c2ccccc2O)cc1.COc1ccc(CCc2ccccc2OC[C@H](CN(C)C)OC(=O)c2ccccc2O)cc1.